The van der Waals surface area contributed by atoms with Crippen LogP contribution in [-0.2, 0) is 0 Å². The minimum absolute atomic E-state index is 0.0688. The number of carbonyl (C=O) groups is 1. The number of hydrogen-bond acceptors (Lipinski definition) is 2. The summed E-state index contributed by atoms with van der Waals surface area (Å²) in [5.74, 6) is 0.0688. The molecule has 1 aliphatic heterocycles. The molecule has 86 valence electrons. The summed E-state index contributed by atoms with van der Waals surface area (Å²) in [4.78, 5) is 18.5. The molecule has 0 bridgehead atoms. The van der Waals surface area contributed by atoms with Gasteiger partial charge in [-0.05, 0) is 24.3 Å². The lowest BCUT2D eigenvalue weighted by Gasteiger charge is -2.15. The van der Waals surface area contributed by atoms with Crippen LogP contribution in [-0.4, -0.2) is 28.9 Å². The van der Waals surface area contributed by atoms with Crippen LogP contribution in [0.2, 0.25) is 0 Å². The molecule has 0 unspecified atom stereocenters. The van der Waals surface area contributed by atoms with E-state index in [0.717, 1.165) is 36.7 Å². The van der Waals surface area contributed by atoms with E-state index in [4.69, 9.17) is 0 Å². The summed E-state index contributed by atoms with van der Waals surface area (Å²) in [5, 5.41) is 2.02. The van der Waals surface area contributed by atoms with Crippen molar-refractivity contribution in [3.63, 3.8) is 0 Å². The molecule has 1 fully saturated rings. The number of rotatable bonds is 1. The molecule has 2 aromatic rings. The summed E-state index contributed by atoms with van der Waals surface area (Å²) in [6.45, 7) is 1.73. The first-order valence-corrected chi connectivity index (χ1v) is 5.99. The van der Waals surface area contributed by atoms with Gasteiger partial charge < -0.3 is 4.90 Å². The minimum Gasteiger partial charge on any atom is -0.337 e. The standard InChI is InChI=1S/C14H14N2O/c17-14(16-9-3-4-10-16)13-12-6-2-1-5-11(12)7-8-15-13/h1-2,5-8H,3-4,9-10H2. The van der Waals surface area contributed by atoms with Gasteiger partial charge in [0.1, 0.15) is 5.69 Å². The largest absolute Gasteiger partial charge is 0.337 e. The second-order valence-corrected chi connectivity index (χ2v) is 4.38. The zero-order chi connectivity index (χ0) is 11.7. The number of likely N-dealkylation sites (tertiary alicyclic amines) is 1. The third kappa shape index (κ3) is 1.78. The molecule has 0 spiro atoms. The Balaban J connectivity index is 2.07. The molecule has 1 aromatic heterocycles. The van der Waals surface area contributed by atoms with Gasteiger partial charge in [0.25, 0.3) is 5.91 Å². The van der Waals surface area contributed by atoms with E-state index in [0.29, 0.717) is 5.69 Å². The molecule has 17 heavy (non-hydrogen) atoms. The summed E-state index contributed by atoms with van der Waals surface area (Å²) < 4.78 is 0. The number of aromatic nitrogens is 1. The lowest BCUT2D eigenvalue weighted by atomic mass is 10.1. The molecule has 1 aliphatic rings. The molecule has 1 saturated heterocycles. The van der Waals surface area contributed by atoms with Crippen molar-refractivity contribution in [1.82, 2.24) is 9.88 Å². The maximum absolute atomic E-state index is 12.3. The summed E-state index contributed by atoms with van der Waals surface area (Å²) in [6, 6.07) is 9.84. The molecular formula is C14H14N2O. The molecule has 3 nitrogen and oxygen atoms in total. The van der Waals surface area contributed by atoms with E-state index >= 15 is 0 Å². The van der Waals surface area contributed by atoms with Crippen LogP contribution in [0.25, 0.3) is 10.8 Å². The maximum atomic E-state index is 12.3. The summed E-state index contributed by atoms with van der Waals surface area (Å²) in [6.07, 6.45) is 3.93. The van der Waals surface area contributed by atoms with Crippen LogP contribution >= 0.6 is 0 Å². The van der Waals surface area contributed by atoms with Gasteiger partial charge >= 0.3 is 0 Å². The zero-order valence-corrected chi connectivity index (χ0v) is 9.60. The average molecular weight is 226 g/mol. The van der Waals surface area contributed by atoms with Crippen LogP contribution in [0, 0.1) is 0 Å². The molecule has 3 rings (SSSR count). The number of pyridine rings is 1. The molecule has 1 aromatic carbocycles. The molecule has 0 aliphatic carbocycles. The average Bonchev–Trinajstić information content (AvgIpc) is 2.91. The Morgan fingerprint density at radius 2 is 1.88 bits per heavy atom. The van der Waals surface area contributed by atoms with Crippen molar-refractivity contribution in [2.75, 3.05) is 13.1 Å². The topological polar surface area (TPSA) is 33.2 Å². The number of carbonyl (C=O) groups excluding carboxylic acids is 1. The SMILES string of the molecule is O=C(c1nccc2ccccc12)N1CCCC1. The molecular weight excluding hydrogens is 212 g/mol. The Bertz CT molecular complexity index is 554. The summed E-state index contributed by atoms with van der Waals surface area (Å²) in [7, 11) is 0. The second-order valence-electron chi connectivity index (χ2n) is 4.38. The van der Waals surface area contributed by atoms with E-state index in [2.05, 4.69) is 4.98 Å². The monoisotopic (exact) mass is 226 g/mol. The first-order valence-electron chi connectivity index (χ1n) is 5.99. The number of hydrogen-bond donors (Lipinski definition) is 0. The molecule has 0 N–H and O–H groups in total. The quantitative estimate of drug-likeness (QED) is 0.748. The molecule has 0 radical (unpaired) electrons. The first-order chi connectivity index (χ1) is 8.36. The third-order valence-corrected chi connectivity index (χ3v) is 3.27. The normalized spacial score (nSPS) is 15.4. The van der Waals surface area contributed by atoms with Crippen molar-refractivity contribution in [2.24, 2.45) is 0 Å². The van der Waals surface area contributed by atoms with E-state index in [1.165, 1.54) is 0 Å². The van der Waals surface area contributed by atoms with E-state index in [-0.39, 0.29) is 5.91 Å². The fraction of sp³-hybridized carbons (Fsp3) is 0.286. The van der Waals surface area contributed by atoms with E-state index in [1.807, 2.05) is 35.2 Å². The summed E-state index contributed by atoms with van der Waals surface area (Å²) >= 11 is 0. The molecule has 0 atom stereocenters. The van der Waals surface area contributed by atoms with Gasteiger partial charge in [0, 0.05) is 24.7 Å². The number of amides is 1. The van der Waals surface area contributed by atoms with Crippen molar-refractivity contribution in [1.29, 1.82) is 0 Å². The predicted molar refractivity (Wildman–Crippen MR) is 66.9 cm³/mol. The Hall–Kier alpha value is -1.90. The van der Waals surface area contributed by atoms with Crippen LogP contribution in [0.1, 0.15) is 23.3 Å². The van der Waals surface area contributed by atoms with Crippen LogP contribution < -0.4 is 0 Å². The Morgan fingerprint density at radius 3 is 2.71 bits per heavy atom. The Labute approximate surface area is 100 Å². The van der Waals surface area contributed by atoms with Gasteiger partial charge in [-0.25, -0.2) is 0 Å². The zero-order valence-electron chi connectivity index (χ0n) is 9.60. The van der Waals surface area contributed by atoms with Crippen molar-refractivity contribution in [3.8, 4) is 0 Å². The van der Waals surface area contributed by atoms with E-state index in [9.17, 15) is 4.79 Å². The highest BCUT2D eigenvalue weighted by atomic mass is 16.2. The minimum atomic E-state index is 0.0688. The number of fused-ring (bicyclic) bond motifs is 1. The Morgan fingerprint density at radius 1 is 1.12 bits per heavy atom. The molecule has 1 amide bonds. The van der Waals surface area contributed by atoms with Gasteiger partial charge in [-0.3, -0.25) is 9.78 Å². The van der Waals surface area contributed by atoms with E-state index < -0.39 is 0 Å². The highest BCUT2D eigenvalue weighted by molar-refractivity contribution is 6.05. The fourth-order valence-electron chi connectivity index (χ4n) is 2.36. The van der Waals surface area contributed by atoms with Gasteiger partial charge in [0.05, 0.1) is 0 Å². The van der Waals surface area contributed by atoms with Crippen molar-refractivity contribution in [2.45, 2.75) is 12.8 Å². The third-order valence-electron chi connectivity index (χ3n) is 3.27. The van der Waals surface area contributed by atoms with Gasteiger partial charge in [0.15, 0.2) is 0 Å². The second kappa shape index (κ2) is 4.17. The van der Waals surface area contributed by atoms with E-state index in [1.54, 1.807) is 6.20 Å². The highest BCUT2D eigenvalue weighted by Crippen LogP contribution is 2.19. The van der Waals surface area contributed by atoms with Crippen molar-refractivity contribution >= 4 is 16.7 Å². The Kier molecular flexibility index (Phi) is 2.52. The smallest absolute Gasteiger partial charge is 0.273 e. The summed E-state index contributed by atoms with van der Waals surface area (Å²) in [5.41, 5.74) is 0.588. The molecule has 2 heterocycles. The van der Waals surface area contributed by atoms with Crippen LogP contribution in [0.15, 0.2) is 36.5 Å². The van der Waals surface area contributed by atoms with Crippen molar-refractivity contribution in [3.05, 3.63) is 42.2 Å². The van der Waals surface area contributed by atoms with Gasteiger partial charge in [-0.1, -0.05) is 24.3 Å². The molecule has 3 heteroatoms. The predicted octanol–water partition coefficient (Wildman–Crippen LogP) is 2.47. The van der Waals surface area contributed by atoms with Crippen molar-refractivity contribution < 1.29 is 4.79 Å². The maximum Gasteiger partial charge on any atom is 0.273 e. The number of nitrogens with zero attached hydrogens (tertiary/aromatic N) is 2. The van der Waals surface area contributed by atoms with Crippen LogP contribution in [0.3, 0.4) is 0 Å². The van der Waals surface area contributed by atoms with Gasteiger partial charge in [-0.2, -0.15) is 0 Å². The van der Waals surface area contributed by atoms with Crippen LogP contribution in [0.4, 0.5) is 0 Å². The van der Waals surface area contributed by atoms with Gasteiger partial charge in [-0.15, -0.1) is 0 Å². The van der Waals surface area contributed by atoms with Crippen LogP contribution in [0.5, 0.6) is 0 Å². The van der Waals surface area contributed by atoms with Gasteiger partial charge in [0.2, 0.25) is 0 Å². The fourth-order valence-corrected chi connectivity index (χ4v) is 2.36. The lowest BCUT2D eigenvalue weighted by Crippen LogP contribution is -2.28. The number of benzene rings is 1. The first kappa shape index (κ1) is 10.3. The lowest BCUT2D eigenvalue weighted by molar-refractivity contribution is 0.0789. The highest BCUT2D eigenvalue weighted by Gasteiger charge is 2.21. The molecule has 0 saturated carbocycles.